The summed E-state index contributed by atoms with van der Waals surface area (Å²) >= 11 is 2.09. The Kier molecular flexibility index (Phi) is 2.87. The van der Waals surface area contributed by atoms with Gasteiger partial charge in [-0.15, -0.1) is 11.8 Å². The van der Waals surface area contributed by atoms with Crippen molar-refractivity contribution in [3.8, 4) is 0 Å². The van der Waals surface area contributed by atoms with Crippen molar-refractivity contribution in [2.45, 2.75) is 44.7 Å². The van der Waals surface area contributed by atoms with E-state index < -0.39 is 0 Å². The molecule has 0 aromatic rings. The van der Waals surface area contributed by atoms with E-state index in [1.807, 2.05) is 0 Å². The molecule has 2 heteroatoms. The van der Waals surface area contributed by atoms with Crippen molar-refractivity contribution >= 4 is 11.8 Å². The largest absolute Gasteiger partial charge is 0.304 e. The predicted octanol–water partition coefficient (Wildman–Crippen LogP) is 2.47. The molecule has 0 spiro atoms. The van der Waals surface area contributed by atoms with Gasteiger partial charge in [0.25, 0.3) is 0 Å². The highest BCUT2D eigenvalue weighted by Crippen LogP contribution is 2.37. The Labute approximate surface area is 74.3 Å². The highest BCUT2D eigenvalue weighted by Gasteiger charge is 2.33. The van der Waals surface area contributed by atoms with E-state index in [-0.39, 0.29) is 0 Å². The maximum absolute atomic E-state index is 3.56. The van der Waals surface area contributed by atoms with E-state index in [2.05, 4.69) is 44.8 Å². The second-order valence-electron chi connectivity index (χ2n) is 4.08. The molecule has 1 nitrogen and oxygen atoms in total. The third kappa shape index (κ3) is 2.12. The van der Waals surface area contributed by atoms with Gasteiger partial charge in [0.05, 0.1) is 5.37 Å². The molecule has 0 radical (unpaired) electrons. The fraction of sp³-hybridized carbons (Fsp3) is 1.00. The lowest BCUT2D eigenvalue weighted by Crippen LogP contribution is -2.34. The first-order chi connectivity index (χ1) is 5.06. The first-order valence-corrected chi connectivity index (χ1v) is 5.39. The predicted molar refractivity (Wildman–Crippen MR) is 52.9 cm³/mol. The van der Waals surface area contributed by atoms with Crippen molar-refractivity contribution in [3.05, 3.63) is 0 Å². The Hall–Kier alpha value is 0.310. The zero-order chi connectivity index (χ0) is 8.48. The van der Waals surface area contributed by atoms with Crippen LogP contribution in [0.1, 0.15) is 34.1 Å². The molecular formula is C9H19NS. The zero-order valence-electron chi connectivity index (χ0n) is 7.98. The standard InChI is InChI=1S/C9H19NS/c1-5-9(3,4)8-10-6-7(2)11-8/h7-8,10H,5-6H2,1-4H3. The SMILES string of the molecule is CCC(C)(C)C1NCC(C)S1. The summed E-state index contributed by atoms with van der Waals surface area (Å²) in [5.41, 5.74) is 0.454. The third-order valence-corrected chi connectivity index (χ3v) is 4.29. The summed E-state index contributed by atoms with van der Waals surface area (Å²) in [6.07, 6.45) is 1.25. The second-order valence-corrected chi connectivity index (χ2v) is 5.63. The summed E-state index contributed by atoms with van der Waals surface area (Å²) < 4.78 is 0. The molecule has 2 atom stereocenters. The van der Waals surface area contributed by atoms with E-state index in [9.17, 15) is 0 Å². The highest BCUT2D eigenvalue weighted by atomic mass is 32.2. The Morgan fingerprint density at radius 3 is 2.55 bits per heavy atom. The lowest BCUT2D eigenvalue weighted by Gasteiger charge is -2.29. The minimum absolute atomic E-state index is 0.454. The van der Waals surface area contributed by atoms with Crippen LogP contribution in [0, 0.1) is 5.41 Å². The molecule has 2 unspecified atom stereocenters. The van der Waals surface area contributed by atoms with Gasteiger partial charge in [0.2, 0.25) is 0 Å². The lowest BCUT2D eigenvalue weighted by atomic mass is 9.90. The molecule has 1 saturated heterocycles. The Morgan fingerprint density at radius 2 is 2.18 bits per heavy atom. The fourth-order valence-electron chi connectivity index (χ4n) is 1.25. The summed E-state index contributed by atoms with van der Waals surface area (Å²) in [7, 11) is 0. The molecule has 0 aliphatic carbocycles. The summed E-state index contributed by atoms with van der Waals surface area (Å²) in [6.45, 7) is 10.4. The quantitative estimate of drug-likeness (QED) is 0.688. The molecule has 1 rings (SSSR count). The van der Waals surface area contributed by atoms with E-state index in [1.54, 1.807) is 0 Å². The van der Waals surface area contributed by atoms with Crippen LogP contribution in [0.3, 0.4) is 0 Å². The lowest BCUT2D eigenvalue weighted by molar-refractivity contribution is 0.312. The van der Waals surface area contributed by atoms with Crippen LogP contribution in [0.2, 0.25) is 0 Å². The molecule has 0 aromatic carbocycles. The summed E-state index contributed by atoms with van der Waals surface area (Å²) in [6, 6.07) is 0. The van der Waals surface area contributed by atoms with Gasteiger partial charge in [0, 0.05) is 11.8 Å². The number of rotatable bonds is 2. The van der Waals surface area contributed by atoms with Crippen molar-refractivity contribution in [1.29, 1.82) is 0 Å². The highest BCUT2D eigenvalue weighted by molar-refractivity contribution is 8.00. The van der Waals surface area contributed by atoms with Gasteiger partial charge in [-0.1, -0.05) is 27.7 Å². The van der Waals surface area contributed by atoms with E-state index in [0.717, 1.165) is 5.25 Å². The molecule has 0 saturated carbocycles. The van der Waals surface area contributed by atoms with Crippen LogP contribution < -0.4 is 5.32 Å². The minimum atomic E-state index is 0.454. The van der Waals surface area contributed by atoms with Crippen LogP contribution in [0.25, 0.3) is 0 Å². The number of hydrogen-bond donors (Lipinski definition) is 1. The van der Waals surface area contributed by atoms with Crippen LogP contribution >= 0.6 is 11.8 Å². The van der Waals surface area contributed by atoms with Crippen LogP contribution in [0.15, 0.2) is 0 Å². The van der Waals surface area contributed by atoms with Gasteiger partial charge in [0.15, 0.2) is 0 Å². The molecule has 0 bridgehead atoms. The Bertz CT molecular complexity index is 134. The maximum Gasteiger partial charge on any atom is 0.0587 e. The van der Waals surface area contributed by atoms with Crippen molar-refractivity contribution in [3.63, 3.8) is 0 Å². The minimum Gasteiger partial charge on any atom is -0.304 e. The monoisotopic (exact) mass is 173 g/mol. The third-order valence-electron chi connectivity index (χ3n) is 2.58. The van der Waals surface area contributed by atoms with Crippen LogP contribution in [-0.4, -0.2) is 17.2 Å². The average molecular weight is 173 g/mol. The Balaban J connectivity index is 2.48. The smallest absolute Gasteiger partial charge is 0.0587 e. The molecule has 1 fully saturated rings. The molecule has 66 valence electrons. The van der Waals surface area contributed by atoms with Gasteiger partial charge in [0.1, 0.15) is 0 Å². The second kappa shape index (κ2) is 3.36. The maximum atomic E-state index is 3.56. The molecule has 0 aromatic heterocycles. The average Bonchev–Trinajstić information content (AvgIpc) is 2.36. The first-order valence-electron chi connectivity index (χ1n) is 4.45. The summed E-state index contributed by atoms with van der Waals surface area (Å²) in [5, 5.41) is 5.03. The molecule has 0 amide bonds. The number of thioether (sulfide) groups is 1. The molecular weight excluding hydrogens is 154 g/mol. The van der Waals surface area contributed by atoms with Crippen LogP contribution in [0.5, 0.6) is 0 Å². The van der Waals surface area contributed by atoms with Crippen molar-refractivity contribution in [1.82, 2.24) is 5.32 Å². The van der Waals surface area contributed by atoms with E-state index in [1.165, 1.54) is 13.0 Å². The molecule has 1 aliphatic heterocycles. The number of nitrogens with one attached hydrogen (secondary N) is 1. The van der Waals surface area contributed by atoms with Gasteiger partial charge in [-0.25, -0.2) is 0 Å². The van der Waals surface area contributed by atoms with Gasteiger partial charge >= 0.3 is 0 Å². The zero-order valence-corrected chi connectivity index (χ0v) is 8.79. The van der Waals surface area contributed by atoms with Gasteiger partial charge in [-0.3, -0.25) is 0 Å². The normalized spacial score (nSPS) is 32.7. The van der Waals surface area contributed by atoms with Crippen LogP contribution in [-0.2, 0) is 0 Å². The number of hydrogen-bond acceptors (Lipinski definition) is 2. The molecule has 11 heavy (non-hydrogen) atoms. The molecule has 1 aliphatic rings. The summed E-state index contributed by atoms with van der Waals surface area (Å²) in [5.74, 6) is 0. The van der Waals surface area contributed by atoms with Crippen LogP contribution in [0.4, 0.5) is 0 Å². The van der Waals surface area contributed by atoms with Crippen molar-refractivity contribution < 1.29 is 0 Å². The summed E-state index contributed by atoms with van der Waals surface area (Å²) in [4.78, 5) is 0. The molecule has 1 N–H and O–H groups in total. The van der Waals surface area contributed by atoms with E-state index in [0.29, 0.717) is 10.8 Å². The van der Waals surface area contributed by atoms with Crippen molar-refractivity contribution in [2.24, 2.45) is 5.41 Å². The van der Waals surface area contributed by atoms with E-state index >= 15 is 0 Å². The topological polar surface area (TPSA) is 12.0 Å². The Morgan fingerprint density at radius 1 is 1.55 bits per heavy atom. The van der Waals surface area contributed by atoms with E-state index in [4.69, 9.17) is 0 Å². The first kappa shape index (κ1) is 9.40. The fourth-order valence-corrected chi connectivity index (χ4v) is 2.63. The molecule has 1 heterocycles. The van der Waals surface area contributed by atoms with Gasteiger partial charge < -0.3 is 5.32 Å². The van der Waals surface area contributed by atoms with Gasteiger partial charge in [-0.05, 0) is 11.8 Å². The van der Waals surface area contributed by atoms with Crippen molar-refractivity contribution in [2.75, 3.05) is 6.54 Å². The van der Waals surface area contributed by atoms with Gasteiger partial charge in [-0.2, -0.15) is 0 Å².